The van der Waals surface area contributed by atoms with Crippen LogP contribution in [0.3, 0.4) is 0 Å². The Kier molecular flexibility index (Phi) is 8.63. The fourth-order valence-electron chi connectivity index (χ4n) is 3.24. The highest BCUT2D eigenvalue weighted by atomic mass is 16.5. The molecule has 0 aromatic heterocycles. The second-order valence-corrected chi connectivity index (χ2v) is 8.06. The summed E-state index contributed by atoms with van der Waals surface area (Å²) >= 11 is 0. The van der Waals surface area contributed by atoms with Crippen molar-refractivity contribution in [3.05, 3.63) is 35.9 Å². The van der Waals surface area contributed by atoms with Gasteiger partial charge in [-0.1, -0.05) is 51.1 Å². The Morgan fingerprint density at radius 3 is 2.30 bits per heavy atom. The van der Waals surface area contributed by atoms with Crippen LogP contribution >= 0.6 is 0 Å². The first-order valence-corrected chi connectivity index (χ1v) is 9.32. The molecule has 3 atom stereocenters. The zero-order valence-corrected chi connectivity index (χ0v) is 16.9. The summed E-state index contributed by atoms with van der Waals surface area (Å²) in [5, 5.41) is 13.0. The molecule has 0 saturated heterocycles. The molecule has 0 spiro atoms. The molecule has 150 valence electrons. The van der Waals surface area contributed by atoms with E-state index in [0.717, 1.165) is 5.56 Å². The van der Waals surface area contributed by atoms with E-state index in [1.54, 1.807) is 14.0 Å². The van der Waals surface area contributed by atoms with Crippen LogP contribution in [0, 0.1) is 17.3 Å². The first-order chi connectivity index (χ1) is 12.6. The summed E-state index contributed by atoms with van der Waals surface area (Å²) in [5.74, 6) is -1.34. The quantitative estimate of drug-likeness (QED) is 0.373. The van der Waals surface area contributed by atoms with Gasteiger partial charge in [0.15, 0.2) is 0 Å². The molecule has 0 aliphatic heterocycles. The van der Waals surface area contributed by atoms with Gasteiger partial charge in [-0.2, -0.15) is 0 Å². The van der Waals surface area contributed by atoms with Crippen LogP contribution in [-0.4, -0.2) is 41.5 Å². The Bertz CT molecular complexity index is 625. The predicted octanol–water partition coefficient (Wildman–Crippen LogP) is 2.84. The number of benzene rings is 1. The molecule has 0 fully saturated rings. The molecule has 0 aliphatic carbocycles. The van der Waals surface area contributed by atoms with Crippen molar-refractivity contribution in [2.45, 2.75) is 53.0 Å². The molecule has 1 aromatic carbocycles. The van der Waals surface area contributed by atoms with Crippen LogP contribution < -0.4 is 5.32 Å². The number of hydrogen-bond donors (Lipinski definition) is 2. The molecule has 0 radical (unpaired) electrons. The number of carbonyl (C=O) groups is 3. The zero-order valence-electron chi connectivity index (χ0n) is 16.9. The van der Waals surface area contributed by atoms with E-state index in [2.05, 4.69) is 5.32 Å². The minimum absolute atomic E-state index is 0.0691. The summed E-state index contributed by atoms with van der Waals surface area (Å²) in [6.07, 6.45) is 1.51. The maximum Gasteiger partial charge on any atom is 0.233 e. The van der Waals surface area contributed by atoms with Gasteiger partial charge < -0.3 is 5.32 Å². The van der Waals surface area contributed by atoms with Gasteiger partial charge in [-0.3, -0.25) is 19.6 Å². The summed E-state index contributed by atoms with van der Waals surface area (Å²) in [5.41, 5.74) is 0.698. The average Bonchev–Trinajstić information content (AvgIpc) is 2.64. The summed E-state index contributed by atoms with van der Waals surface area (Å²) < 4.78 is 0. The van der Waals surface area contributed by atoms with Gasteiger partial charge in [-0.25, -0.2) is 5.06 Å². The lowest BCUT2D eigenvalue weighted by Gasteiger charge is -2.32. The third-order valence-electron chi connectivity index (χ3n) is 5.12. The average molecular weight is 376 g/mol. The number of nitrogens with one attached hydrogen (secondary N) is 1. The van der Waals surface area contributed by atoms with E-state index in [4.69, 9.17) is 0 Å². The number of Topliss-reactive ketones (excluding diaryl/α,β-unsaturated/α-hetero) is 1. The monoisotopic (exact) mass is 376 g/mol. The normalized spacial score (nSPS) is 14.7. The molecule has 2 N–H and O–H groups in total. The SMILES string of the molecule is CNC(=O)[C@@H](CC(=O)[C@H](CCc1ccccc1)[C@H](C)N(O)C=O)C(C)(C)C. The summed E-state index contributed by atoms with van der Waals surface area (Å²) in [6.45, 7) is 7.42. The number of rotatable bonds is 10. The second-order valence-electron chi connectivity index (χ2n) is 8.06. The number of nitrogens with zero attached hydrogens (tertiary/aromatic N) is 1. The minimum Gasteiger partial charge on any atom is -0.359 e. The third kappa shape index (κ3) is 6.79. The highest BCUT2D eigenvalue weighted by Gasteiger charge is 2.36. The van der Waals surface area contributed by atoms with Crippen LogP contribution in [0.1, 0.15) is 46.1 Å². The molecule has 0 bridgehead atoms. The maximum atomic E-state index is 13.1. The molecule has 2 amide bonds. The van der Waals surface area contributed by atoms with Crippen molar-refractivity contribution in [3.8, 4) is 0 Å². The Hall–Kier alpha value is -2.21. The van der Waals surface area contributed by atoms with Gasteiger partial charge in [-0.15, -0.1) is 0 Å². The third-order valence-corrected chi connectivity index (χ3v) is 5.12. The Balaban J connectivity index is 3.00. The van der Waals surface area contributed by atoms with E-state index in [1.165, 1.54) is 0 Å². The summed E-state index contributed by atoms with van der Waals surface area (Å²) in [6, 6.07) is 9.08. The number of ketones is 1. The number of aryl methyl sites for hydroxylation is 1. The Morgan fingerprint density at radius 2 is 1.81 bits per heavy atom. The molecule has 0 unspecified atom stereocenters. The van der Waals surface area contributed by atoms with E-state index in [9.17, 15) is 19.6 Å². The molecular weight excluding hydrogens is 344 g/mol. The molecule has 0 aliphatic rings. The van der Waals surface area contributed by atoms with E-state index in [1.807, 2.05) is 51.1 Å². The fourth-order valence-corrected chi connectivity index (χ4v) is 3.24. The predicted molar refractivity (Wildman–Crippen MR) is 104 cm³/mol. The van der Waals surface area contributed by atoms with Gasteiger partial charge in [0.05, 0.1) is 6.04 Å². The Labute approximate surface area is 161 Å². The largest absolute Gasteiger partial charge is 0.359 e. The van der Waals surface area contributed by atoms with Gasteiger partial charge in [0, 0.05) is 25.3 Å². The van der Waals surface area contributed by atoms with Crippen LogP contribution in [0.2, 0.25) is 0 Å². The lowest BCUT2D eigenvalue weighted by atomic mass is 9.74. The van der Waals surface area contributed by atoms with Crippen LogP contribution in [0.15, 0.2) is 30.3 Å². The molecule has 1 aromatic rings. The Morgan fingerprint density at radius 1 is 1.22 bits per heavy atom. The number of hydrogen-bond acceptors (Lipinski definition) is 4. The summed E-state index contributed by atoms with van der Waals surface area (Å²) in [4.78, 5) is 36.3. The van der Waals surface area contributed by atoms with Crippen LogP contribution in [0.25, 0.3) is 0 Å². The van der Waals surface area contributed by atoms with E-state index < -0.39 is 17.9 Å². The first kappa shape index (κ1) is 22.8. The van der Waals surface area contributed by atoms with Gasteiger partial charge in [0.2, 0.25) is 12.3 Å². The standard InChI is InChI=1S/C21H32N2O4/c1-15(23(27)14-24)17(12-11-16-9-7-6-8-10-16)19(25)13-18(20(26)22-5)21(2,3)4/h6-10,14-15,17-18,27H,11-13H2,1-5H3,(H,22,26)/t15-,17+,18+/m0/s1. The zero-order chi connectivity index (χ0) is 20.6. The van der Waals surface area contributed by atoms with E-state index in [-0.39, 0.29) is 23.5 Å². The highest BCUT2D eigenvalue weighted by Crippen LogP contribution is 2.31. The summed E-state index contributed by atoms with van der Waals surface area (Å²) in [7, 11) is 1.56. The number of carbonyl (C=O) groups excluding carboxylic acids is 3. The first-order valence-electron chi connectivity index (χ1n) is 9.32. The number of amides is 2. The van der Waals surface area contributed by atoms with Crippen LogP contribution in [0.5, 0.6) is 0 Å². The van der Waals surface area contributed by atoms with Crippen LogP contribution in [0.4, 0.5) is 0 Å². The van der Waals surface area contributed by atoms with Gasteiger partial charge in [0.25, 0.3) is 0 Å². The maximum absolute atomic E-state index is 13.1. The lowest BCUT2D eigenvalue weighted by molar-refractivity contribution is -0.166. The molecular formula is C21H32N2O4. The van der Waals surface area contributed by atoms with E-state index in [0.29, 0.717) is 24.3 Å². The van der Waals surface area contributed by atoms with Crippen molar-refractivity contribution >= 4 is 18.1 Å². The molecule has 0 heterocycles. The van der Waals surface area contributed by atoms with Crippen LogP contribution in [-0.2, 0) is 20.8 Å². The molecule has 0 saturated carbocycles. The minimum atomic E-state index is -0.663. The smallest absolute Gasteiger partial charge is 0.233 e. The number of hydroxylamine groups is 2. The topological polar surface area (TPSA) is 86.7 Å². The van der Waals surface area contributed by atoms with Crippen molar-refractivity contribution in [3.63, 3.8) is 0 Å². The van der Waals surface area contributed by atoms with E-state index >= 15 is 0 Å². The van der Waals surface area contributed by atoms with Gasteiger partial charge >= 0.3 is 0 Å². The highest BCUT2D eigenvalue weighted by molar-refractivity contribution is 5.88. The van der Waals surface area contributed by atoms with Crippen molar-refractivity contribution < 1.29 is 19.6 Å². The molecule has 1 rings (SSSR count). The molecule has 6 nitrogen and oxygen atoms in total. The lowest BCUT2D eigenvalue weighted by Crippen LogP contribution is -2.43. The van der Waals surface area contributed by atoms with Gasteiger partial charge in [0.1, 0.15) is 5.78 Å². The van der Waals surface area contributed by atoms with Crippen molar-refractivity contribution in [2.75, 3.05) is 7.05 Å². The van der Waals surface area contributed by atoms with Crippen molar-refractivity contribution in [1.29, 1.82) is 0 Å². The van der Waals surface area contributed by atoms with Crippen molar-refractivity contribution in [2.24, 2.45) is 17.3 Å². The van der Waals surface area contributed by atoms with Crippen molar-refractivity contribution in [1.82, 2.24) is 10.4 Å². The molecule has 6 heteroatoms. The molecule has 27 heavy (non-hydrogen) atoms. The second kappa shape index (κ2) is 10.2. The van der Waals surface area contributed by atoms with Gasteiger partial charge in [-0.05, 0) is 30.7 Å². The fraction of sp³-hybridized carbons (Fsp3) is 0.571.